The van der Waals surface area contributed by atoms with E-state index in [1.54, 1.807) is 13.0 Å². The van der Waals surface area contributed by atoms with E-state index in [0.29, 0.717) is 5.95 Å². The van der Waals surface area contributed by atoms with E-state index in [1.165, 1.54) is 0 Å². The minimum absolute atomic E-state index is 0. The van der Waals surface area contributed by atoms with Gasteiger partial charge in [-0.2, -0.15) is 0 Å². The lowest BCUT2D eigenvalue weighted by atomic mass is 10.7. The summed E-state index contributed by atoms with van der Waals surface area (Å²) in [5.74, 6) is 0.296. The lowest BCUT2D eigenvalue weighted by molar-refractivity contribution is -0.0262. The molecule has 0 spiro atoms. The lowest BCUT2D eigenvalue weighted by Gasteiger charge is -2.13. The van der Waals surface area contributed by atoms with Crippen LogP contribution in [-0.4, -0.2) is 11.6 Å². The Morgan fingerprint density at radius 3 is 2.12 bits per heavy atom. The third-order valence-corrected chi connectivity index (χ3v) is 0.604. The summed E-state index contributed by atoms with van der Waals surface area (Å²) in [6, 6.07) is 0. The average Bonchev–Trinajstić information content (AvgIpc) is 1.58. The first kappa shape index (κ1) is 6.97. The summed E-state index contributed by atoms with van der Waals surface area (Å²) in [5.41, 5.74) is 0. The van der Waals surface area contributed by atoms with Crippen molar-refractivity contribution in [1.82, 2.24) is 0 Å². The van der Waals surface area contributed by atoms with Crippen molar-refractivity contribution in [2.45, 2.75) is 6.92 Å². The van der Waals surface area contributed by atoms with Gasteiger partial charge in [-0.3, -0.25) is 0 Å². The topological polar surface area (TPSA) is 67.0 Å². The number of allylic oxidation sites excluding steroid dienone is 1. The van der Waals surface area contributed by atoms with Crippen molar-refractivity contribution in [1.29, 1.82) is 0 Å². The Balaban J connectivity index is 0.000000490. The summed E-state index contributed by atoms with van der Waals surface area (Å²) in [6.45, 7) is 1.72. The molecule has 0 aromatic rings. The maximum atomic E-state index is 9.78. The van der Waals surface area contributed by atoms with Crippen molar-refractivity contribution >= 4 is 6.16 Å². The van der Waals surface area contributed by atoms with Crippen LogP contribution in [0.25, 0.3) is 0 Å². The van der Waals surface area contributed by atoms with Crippen LogP contribution in [0.5, 0.6) is 0 Å². The number of hydrogen-bond donors (Lipinski definition) is 0. The Morgan fingerprint density at radius 2 is 2.00 bits per heavy atom. The molecular weight excluding hydrogens is 112 g/mol. The minimum atomic E-state index is -0.617. The number of carbonyl (C=O) groups is 1. The van der Waals surface area contributed by atoms with Gasteiger partial charge < -0.3 is 14.9 Å². The molecule has 1 rings (SSSR count). The molecule has 4 heteroatoms. The van der Waals surface area contributed by atoms with Gasteiger partial charge in [0, 0.05) is 0 Å². The lowest BCUT2D eigenvalue weighted by Crippen LogP contribution is -2.19. The molecule has 1 fully saturated rings. The zero-order valence-electron chi connectivity index (χ0n) is 4.30. The van der Waals surface area contributed by atoms with Gasteiger partial charge in [-0.05, 0) is 13.0 Å². The van der Waals surface area contributed by atoms with Crippen molar-refractivity contribution in [2.24, 2.45) is 0 Å². The highest BCUT2D eigenvalue weighted by Crippen LogP contribution is 2.12. The number of carbonyl (C=O) groups excluding carboxylic acids is 1. The summed E-state index contributed by atoms with van der Waals surface area (Å²) in [6.07, 6.45) is 0.953. The maximum absolute atomic E-state index is 9.78. The molecule has 1 aliphatic heterocycles. The predicted octanol–water partition coefficient (Wildman–Crippen LogP) is 0.190. The molecule has 0 unspecified atom stereocenters. The summed E-state index contributed by atoms with van der Waals surface area (Å²) < 4.78 is 8.58. The number of rotatable bonds is 0. The van der Waals surface area contributed by atoms with E-state index in [0.717, 1.165) is 0 Å². The van der Waals surface area contributed by atoms with Gasteiger partial charge in [0.1, 0.15) is 0 Å². The number of hydrogen-bond acceptors (Lipinski definition) is 3. The molecule has 2 N–H and O–H groups in total. The van der Waals surface area contributed by atoms with E-state index in [9.17, 15) is 4.79 Å². The van der Waals surface area contributed by atoms with Crippen LogP contribution >= 0.6 is 0 Å². The standard InChI is InChI=1S/C4H4O3.H2O/c1-2-3-6-4(5)7-3;/h2H,1H3;1H2. The van der Waals surface area contributed by atoms with Gasteiger partial charge in [-0.25, -0.2) is 4.79 Å². The molecule has 0 radical (unpaired) electrons. The Labute approximate surface area is 46.0 Å². The molecule has 0 amide bonds. The van der Waals surface area contributed by atoms with Crippen LogP contribution in [0.4, 0.5) is 4.79 Å². The van der Waals surface area contributed by atoms with Crippen molar-refractivity contribution in [2.75, 3.05) is 0 Å². The highest BCUT2D eigenvalue weighted by molar-refractivity contribution is 5.67. The first-order valence-electron chi connectivity index (χ1n) is 1.89. The van der Waals surface area contributed by atoms with Crippen LogP contribution in [0.1, 0.15) is 6.92 Å². The second-order valence-electron chi connectivity index (χ2n) is 1.06. The zero-order valence-corrected chi connectivity index (χ0v) is 4.30. The fourth-order valence-electron chi connectivity index (χ4n) is 0.290. The molecular formula is C4H6O4. The fraction of sp³-hybridized carbons (Fsp3) is 0.250. The molecule has 0 aromatic heterocycles. The Bertz CT molecular complexity index is 116. The molecule has 4 nitrogen and oxygen atoms in total. The van der Waals surface area contributed by atoms with E-state index in [-0.39, 0.29) is 5.48 Å². The molecule has 0 aromatic carbocycles. The average molecular weight is 118 g/mol. The summed E-state index contributed by atoms with van der Waals surface area (Å²) >= 11 is 0. The number of ether oxygens (including phenoxy) is 2. The highest BCUT2D eigenvalue weighted by atomic mass is 16.9. The Morgan fingerprint density at radius 1 is 1.50 bits per heavy atom. The molecule has 0 atom stereocenters. The van der Waals surface area contributed by atoms with Crippen LogP contribution in [-0.2, 0) is 9.47 Å². The van der Waals surface area contributed by atoms with Crippen LogP contribution < -0.4 is 0 Å². The summed E-state index contributed by atoms with van der Waals surface area (Å²) in [7, 11) is 0. The van der Waals surface area contributed by atoms with E-state index in [1.807, 2.05) is 0 Å². The van der Waals surface area contributed by atoms with E-state index < -0.39 is 6.16 Å². The summed E-state index contributed by atoms with van der Waals surface area (Å²) in [5, 5.41) is 0. The van der Waals surface area contributed by atoms with Gasteiger partial charge in [0.25, 0.3) is 5.95 Å². The molecule has 8 heavy (non-hydrogen) atoms. The third kappa shape index (κ3) is 0.974. The quantitative estimate of drug-likeness (QED) is 0.426. The van der Waals surface area contributed by atoms with Crippen LogP contribution in [0, 0.1) is 0 Å². The van der Waals surface area contributed by atoms with Gasteiger partial charge in [-0.15, -0.1) is 0 Å². The monoisotopic (exact) mass is 118 g/mol. The van der Waals surface area contributed by atoms with E-state index >= 15 is 0 Å². The molecule has 0 saturated carbocycles. The first-order chi connectivity index (χ1) is 3.33. The van der Waals surface area contributed by atoms with Gasteiger partial charge in [0.2, 0.25) is 0 Å². The van der Waals surface area contributed by atoms with Gasteiger partial charge in [0.05, 0.1) is 0 Å². The van der Waals surface area contributed by atoms with Crippen molar-refractivity contribution in [3.05, 3.63) is 12.0 Å². The van der Waals surface area contributed by atoms with Gasteiger partial charge in [0.15, 0.2) is 0 Å². The second kappa shape index (κ2) is 2.32. The van der Waals surface area contributed by atoms with Crippen LogP contribution in [0.15, 0.2) is 12.0 Å². The molecule has 1 heterocycles. The zero-order chi connectivity index (χ0) is 5.28. The summed E-state index contributed by atoms with van der Waals surface area (Å²) in [4.78, 5) is 9.78. The third-order valence-electron chi connectivity index (χ3n) is 0.604. The van der Waals surface area contributed by atoms with Crippen molar-refractivity contribution in [3.8, 4) is 0 Å². The largest absolute Gasteiger partial charge is 0.524 e. The van der Waals surface area contributed by atoms with Crippen molar-refractivity contribution in [3.63, 3.8) is 0 Å². The Hall–Kier alpha value is -1.03. The smallest absolute Gasteiger partial charge is 0.412 e. The first-order valence-corrected chi connectivity index (χ1v) is 1.89. The highest BCUT2D eigenvalue weighted by Gasteiger charge is 2.22. The molecule has 0 bridgehead atoms. The maximum Gasteiger partial charge on any atom is 0.524 e. The molecule has 0 aliphatic carbocycles. The normalized spacial score (nSPS) is 14.6. The molecule has 46 valence electrons. The van der Waals surface area contributed by atoms with Gasteiger partial charge in [-0.1, -0.05) is 0 Å². The van der Waals surface area contributed by atoms with E-state index in [2.05, 4.69) is 9.47 Å². The van der Waals surface area contributed by atoms with Crippen molar-refractivity contribution < 1.29 is 19.7 Å². The van der Waals surface area contributed by atoms with E-state index in [4.69, 9.17) is 0 Å². The minimum Gasteiger partial charge on any atom is -0.412 e. The van der Waals surface area contributed by atoms with Crippen LogP contribution in [0.3, 0.4) is 0 Å². The SMILES string of the molecule is CC=C1OC(=O)O1.O. The van der Waals surface area contributed by atoms with Crippen LogP contribution in [0.2, 0.25) is 0 Å². The Kier molecular flexibility index (Phi) is 2.02. The fourth-order valence-corrected chi connectivity index (χ4v) is 0.290. The van der Waals surface area contributed by atoms with Gasteiger partial charge >= 0.3 is 6.16 Å². The molecule has 1 saturated heterocycles. The molecule has 1 aliphatic rings. The second-order valence-corrected chi connectivity index (χ2v) is 1.06. The number of cyclic esters (lactones) is 2. The predicted molar refractivity (Wildman–Crippen MR) is 24.9 cm³/mol.